The van der Waals surface area contributed by atoms with Crippen molar-refractivity contribution in [3.8, 4) is 0 Å². The van der Waals surface area contributed by atoms with Gasteiger partial charge in [-0.25, -0.2) is 8.78 Å². The van der Waals surface area contributed by atoms with E-state index in [4.69, 9.17) is 0 Å². The Morgan fingerprint density at radius 1 is 1.05 bits per heavy atom. The fraction of sp³-hybridized carbons (Fsp3) is 0.625. The fourth-order valence-corrected chi connectivity index (χ4v) is 2.72. The Morgan fingerprint density at radius 3 is 2.00 bits per heavy atom. The molecule has 3 rings (SSSR count). The third kappa shape index (κ3) is 3.55. The van der Waals surface area contributed by atoms with Crippen LogP contribution in [0.4, 0.5) is 8.78 Å². The number of aliphatic hydroxyl groups excluding tert-OH is 1. The molecule has 0 heterocycles. The summed E-state index contributed by atoms with van der Waals surface area (Å²) in [4.78, 5) is 2.19. The normalized spacial score (nSPS) is 20.4. The van der Waals surface area contributed by atoms with Crippen LogP contribution in [-0.4, -0.2) is 29.6 Å². The van der Waals surface area contributed by atoms with E-state index < -0.39 is 17.7 Å². The molecule has 1 aromatic rings. The number of halogens is 2. The Kier molecular flexibility index (Phi) is 4.03. The van der Waals surface area contributed by atoms with E-state index in [1.807, 2.05) is 0 Å². The third-order valence-electron chi connectivity index (χ3n) is 4.19. The second-order valence-electron chi connectivity index (χ2n) is 6.26. The number of hydrogen-bond donors (Lipinski definition) is 1. The molecule has 2 fully saturated rings. The third-order valence-corrected chi connectivity index (χ3v) is 4.19. The van der Waals surface area contributed by atoms with Gasteiger partial charge in [-0.05, 0) is 49.7 Å². The summed E-state index contributed by atoms with van der Waals surface area (Å²) in [5, 5.41) is 10.2. The number of aliphatic hydroxyl groups is 1. The lowest BCUT2D eigenvalue weighted by molar-refractivity contribution is 0.101. The first-order valence-corrected chi connectivity index (χ1v) is 7.48. The monoisotopic (exact) mass is 281 g/mol. The minimum atomic E-state index is -1.09. The standard InChI is InChI=1S/C16H21F2NO/c17-13-2-1-3-14(18)16(13)15(20)10-19(8-11-4-5-11)9-12-6-7-12/h1-3,11-12,15,20H,4-10H2. The molecular formula is C16H21F2NO. The van der Waals surface area contributed by atoms with Crippen LogP contribution in [0.25, 0.3) is 0 Å². The maximum Gasteiger partial charge on any atom is 0.131 e. The van der Waals surface area contributed by atoms with Gasteiger partial charge >= 0.3 is 0 Å². The first kappa shape index (κ1) is 14.0. The highest BCUT2D eigenvalue weighted by Crippen LogP contribution is 2.34. The van der Waals surface area contributed by atoms with Gasteiger partial charge in [0.2, 0.25) is 0 Å². The molecule has 2 aliphatic carbocycles. The lowest BCUT2D eigenvalue weighted by atomic mass is 10.1. The van der Waals surface area contributed by atoms with Crippen molar-refractivity contribution in [2.45, 2.75) is 31.8 Å². The lowest BCUT2D eigenvalue weighted by Crippen LogP contribution is -2.33. The molecule has 110 valence electrons. The predicted molar refractivity (Wildman–Crippen MR) is 73.2 cm³/mol. The molecule has 0 saturated heterocycles. The first-order chi connectivity index (χ1) is 9.63. The van der Waals surface area contributed by atoms with Gasteiger partial charge in [-0.15, -0.1) is 0 Å². The van der Waals surface area contributed by atoms with Gasteiger partial charge in [-0.2, -0.15) is 0 Å². The zero-order valence-corrected chi connectivity index (χ0v) is 11.6. The predicted octanol–water partition coefficient (Wildman–Crippen LogP) is 3.12. The second-order valence-corrected chi connectivity index (χ2v) is 6.26. The van der Waals surface area contributed by atoms with E-state index in [2.05, 4.69) is 4.90 Å². The van der Waals surface area contributed by atoms with Crippen molar-refractivity contribution in [3.05, 3.63) is 35.4 Å². The largest absolute Gasteiger partial charge is 0.387 e. The Bertz CT molecular complexity index is 437. The Labute approximate surface area is 118 Å². The summed E-state index contributed by atoms with van der Waals surface area (Å²) < 4.78 is 27.4. The molecule has 0 aromatic heterocycles. The number of benzene rings is 1. The van der Waals surface area contributed by atoms with E-state index in [1.54, 1.807) is 0 Å². The van der Waals surface area contributed by atoms with Crippen LogP contribution >= 0.6 is 0 Å². The number of rotatable bonds is 7. The second kappa shape index (κ2) is 5.78. The van der Waals surface area contributed by atoms with Crippen LogP contribution in [-0.2, 0) is 0 Å². The quantitative estimate of drug-likeness (QED) is 0.830. The summed E-state index contributed by atoms with van der Waals surface area (Å²) in [6.07, 6.45) is 3.88. The first-order valence-electron chi connectivity index (χ1n) is 7.48. The van der Waals surface area contributed by atoms with Crippen molar-refractivity contribution in [1.29, 1.82) is 0 Å². The van der Waals surface area contributed by atoms with E-state index in [-0.39, 0.29) is 5.56 Å². The van der Waals surface area contributed by atoms with E-state index in [9.17, 15) is 13.9 Å². The van der Waals surface area contributed by atoms with Gasteiger partial charge in [0.25, 0.3) is 0 Å². The molecule has 1 atom stereocenters. The van der Waals surface area contributed by atoms with Crippen molar-refractivity contribution < 1.29 is 13.9 Å². The average molecular weight is 281 g/mol. The maximum atomic E-state index is 13.7. The molecule has 0 bridgehead atoms. The smallest absolute Gasteiger partial charge is 0.131 e. The van der Waals surface area contributed by atoms with Crippen LogP contribution in [0.15, 0.2) is 18.2 Å². The fourth-order valence-electron chi connectivity index (χ4n) is 2.72. The summed E-state index contributed by atoms with van der Waals surface area (Å²) in [5.41, 5.74) is -0.191. The molecule has 1 aromatic carbocycles. The molecule has 2 aliphatic rings. The topological polar surface area (TPSA) is 23.5 Å². The minimum absolute atomic E-state index is 0.191. The number of hydrogen-bond acceptors (Lipinski definition) is 2. The van der Waals surface area contributed by atoms with Gasteiger partial charge in [-0.3, -0.25) is 4.90 Å². The highest BCUT2D eigenvalue weighted by molar-refractivity contribution is 5.22. The molecule has 2 nitrogen and oxygen atoms in total. The molecular weight excluding hydrogens is 260 g/mol. The highest BCUT2D eigenvalue weighted by atomic mass is 19.1. The SMILES string of the molecule is OC(CN(CC1CC1)CC1CC1)c1c(F)cccc1F. The average Bonchev–Trinajstić information content (AvgIpc) is 3.25. The van der Waals surface area contributed by atoms with E-state index in [0.717, 1.165) is 13.1 Å². The van der Waals surface area contributed by atoms with Crippen molar-refractivity contribution in [1.82, 2.24) is 4.90 Å². The van der Waals surface area contributed by atoms with Crippen molar-refractivity contribution in [2.75, 3.05) is 19.6 Å². The lowest BCUT2D eigenvalue weighted by Gasteiger charge is -2.25. The van der Waals surface area contributed by atoms with Gasteiger partial charge in [0.15, 0.2) is 0 Å². The van der Waals surface area contributed by atoms with Crippen LogP contribution in [0.5, 0.6) is 0 Å². The summed E-state index contributed by atoms with van der Waals surface area (Å²) in [5.74, 6) is 0.114. The van der Waals surface area contributed by atoms with Gasteiger partial charge in [-0.1, -0.05) is 6.07 Å². The van der Waals surface area contributed by atoms with Gasteiger partial charge in [0.05, 0.1) is 11.7 Å². The zero-order valence-electron chi connectivity index (χ0n) is 11.6. The Morgan fingerprint density at radius 2 is 1.55 bits per heavy atom. The summed E-state index contributed by atoms with van der Waals surface area (Å²) in [7, 11) is 0. The van der Waals surface area contributed by atoms with Crippen LogP contribution in [0.2, 0.25) is 0 Å². The van der Waals surface area contributed by atoms with E-state index >= 15 is 0 Å². The molecule has 0 aliphatic heterocycles. The van der Waals surface area contributed by atoms with Gasteiger partial charge in [0, 0.05) is 19.6 Å². The minimum Gasteiger partial charge on any atom is -0.387 e. The molecule has 1 N–H and O–H groups in total. The molecule has 2 saturated carbocycles. The van der Waals surface area contributed by atoms with Crippen molar-refractivity contribution in [3.63, 3.8) is 0 Å². The van der Waals surface area contributed by atoms with Crippen molar-refractivity contribution >= 4 is 0 Å². The molecule has 4 heteroatoms. The summed E-state index contributed by atoms with van der Waals surface area (Å²) >= 11 is 0. The summed E-state index contributed by atoms with van der Waals surface area (Å²) in [6, 6.07) is 3.73. The Balaban J connectivity index is 1.66. The van der Waals surface area contributed by atoms with Crippen LogP contribution in [0, 0.1) is 23.5 Å². The molecule has 0 radical (unpaired) electrons. The van der Waals surface area contributed by atoms with Gasteiger partial charge in [0.1, 0.15) is 11.6 Å². The highest BCUT2D eigenvalue weighted by Gasteiger charge is 2.31. The molecule has 1 unspecified atom stereocenters. The van der Waals surface area contributed by atoms with Crippen molar-refractivity contribution in [2.24, 2.45) is 11.8 Å². The van der Waals surface area contributed by atoms with Crippen LogP contribution in [0.1, 0.15) is 37.4 Å². The van der Waals surface area contributed by atoms with Gasteiger partial charge < -0.3 is 5.11 Å². The molecule has 20 heavy (non-hydrogen) atoms. The zero-order chi connectivity index (χ0) is 14.1. The maximum absolute atomic E-state index is 13.7. The number of nitrogens with zero attached hydrogens (tertiary/aromatic N) is 1. The summed E-state index contributed by atoms with van der Waals surface area (Å²) in [6.45, 7) is 2.22. The van der Waals surface area contributed by atoms with E-state index in [1.165, 1.54) is 43.9 Å². The van der Waals surface area contributed by atoms with Crippen LogP contribution in [0.3, 0.4) is 0 Å². The molecule has 0 spiro atoms. The van der Waals surface area contributed by atoms with Crippen LogP contribution < -0.4 is 0 Å². The molecule has 0 amide bonds. The Hall–Kier alpha value is -1.00. The van der Waals surface area contributed by atoms with E-state index in [0.29, 0.717) is 18.4 Å².